The lowest BCUT2D eigenvalue weighted by molar-refractivity contribution is 0.415. The number of rotatable bonds is 3. The number of hydrogen-bond donors (Lipinski definition) is 1. The first-order valence-electron chi connectivity index (χ1n) is 6.59. The van der Waals surface area contributed by atoms with Crippen LogP contribution in [-0.2, 0) is 0 Å². The van der Waals surface area contributed by atoms with Crippen LogP contribution in [0.1, 0.15) is 0 Å². The van der Waals surface area contributed by atoms with Crippen molar-refractivity contribution in [2.45, 2.75) is 0 Å². The number of fused-ring (bicyclic) bond motifs is 2. The molecule has 0 aliphatic heterocycles. The van der Waals surface area contributed by atoms with Gasteiger partial charge in [-0.3, -0.25) is 0 Å². The zero-order valence-electron chi connectivity index (χ0n) is 11.8. The van der Waals surface area contributed by atoms with Crippen molar-refractivity contribution < 1.29 is 13.5 Å². The summed E-state index contributed by atoms with van der Waals surface area (Å²) in [5.41, 5.74) is 0.955. The summed E-state index contributed by atoms with van der Waals surface area (Å²) in [4.78, 5) is 8.61. The van der Waals surface area contributed by atoms with E-state index in [4.69, 9.17) is 4.74 Å². The summed E-state index contributed by atoms with van der Waals surface area (Å²) >= 11 is 2.63. The maximum atomic E-state index is 13.7. The van der Waals surface area contributed by atoms with Crippen LogP contribution in [-0.4, -0.2) is 17.1 Å². The van der Waals surface area contributed by atoms with Gasteiger partial charge in [-0.2, -0.15) is 0 Å². The number of halogens is 2. The maximum absolute atomic E-state index is 13.7. The minimum atomic E-state index is -0.668. The van der Waals surface area contributed by atoms with E-state index in [1.165, 1.54) is 28.7 Å². The van der Waals surface area contributed by atoms with Gasteiger partial charge in [-0.05, 0) is 18.2 Å². The van der Waals surface area contributed by atoms with Crippen molar-refractivity contribution in [3.05, 3.63) is 42.0 Å². The van der Waals surface area contributed by atoms with E-state index >= 15 is 0 Å². The Kier molecular flexibility index (Phi) is 3.35. The van der Waals surface area contributed by atoms with Crippen molar-refractivity contribution in [3.63, 3.8) is 0 Å². The molecule has 0 bridgehead atoms. The van der Waals surface area contributed by atoms with Gasteiger partial charge < -0.3 is 10.1 Å². The first-order valence-corrected chi connectivity index (χ1v) is 8.23. The summed E-state index contributed by atoms with van der Waals surface area (Å²) in [6.45, 7) is 0. The molecule has 8 heteroatoms. The molecule has 4 nitrogen and oxygen atoms in total. The minimum absolute atomic E-state index is 0.154. The van der Waals surface area contributed by atoms with Gasteiger partial charge in [-0.15, -0.1) is 0 Å². The fourth-order valence-electron chi connectivity index (χ4n) is 2.19. The molecule has 0 fully saturated rings. The molecule has 2 heterocycles. The zero-order chi connectivity index (χ0) is 16.0. The summed E-state index contributed by atoms with van der Waals surface area (Å²) in [6.07, 6.45) is 0. The molecular formula is C15H9F2N3OS2. The quantitative estimate of drug-likeness (QED) is 0.569. The second kappa shape index (κ2) is 5.39. The van der Waals surface area contributed by atoms with Crippen LogP contribution >= 0.6 is 22.7 Å². The molecule has 0 aliphatic carbocycles. The summed E-state index contributed by atoms with van der Waals surface area (Å²) in [6, 6.07) is 7.72. The maximum Gasteiger partial charge on any atom is 0.190 e. The Morgan fingerprint density at radius 3 is 2.61 bits per heavy atom. The van der Waals surface area contributed by atoms with Crippen LogP contribution in [0.5, 0.6) is 5.75 Å². The Bertz CT molecular complexity index is 1030. The standard InChI is InChI=1S/C15H9F2N3OS2/c1-21-8-2-3-11-10(6-8)18-14(22-11)20-15-19-13-9(17)4-7(16)5-12(13)23-15/h2-6H,1H3,(H,18,19,20). The molecule has 23 heavy (non-hydrogen) atoms. The second-order valence-electron chi connectivity index (χ2n) is 4.73. The number of anilines is 2. The Labute approximate surface area is 137 Å². The van der Waals surface area contributed by atoms with Gasteiger partial charge >= 0.3 is 0 Å². The molecule has 4 rings (SSSR count). The highest BCUT2D eigenvalue weighted by Crippen LogP contribution is 2.34. The summed E-state index contributed by atoms with van der Waals surface area (Å²) < 4.78 is 33.6. The number of nitrogens with one attached hydrogen (secondary N) is 1. The lowest BCUT2D eigenvalue weighted by atomic mass is 10.3. The third-order valence-corrected chi connectivity index (χ3v) is 5.09. The van der Waals surface area contributed by atoms with Crippen molar-refractivity contribution in [3.8, 4) is 5.75 Å². The van der Waals surface area contributed by atoms with E-state index in [2.05, 4.69) is 15.3 Å². The monoisotopic (exact) mass is 349 g/mol. The number of ether oxygens (including phenoxy) is 1. The van der Waals surface area contributed by atoms with E-state index in [9.17, 15) is 8.78 Å². The molecule has 0 aliphatic rings. The van der Waals surface area contributed by atoms with Crippen LogP contribution < -0.4 is 10.1 Å². The van der Waals surface area contributed by atoms with Crippen LogP contribution in [0.15, 0.2) is 30.3 Å². The number of benzene rings is 2. The third kappa shape index (κ3) is 2.60. The van der Waals surface area contributed by atoms with Crippen molar-refractivity contribution in [2.24, 2.45) is 0 Å². The van der Waals surface area contributed by atoms with Crippen LogP contribution in [0.4, 0.5) is 19.0 Å². The third-order valence-electron chi connectivity index (χ3n) is 3.22. The van der Waals surface area contributed by atoms with Crippen molar-refractivity contribution in [2.75, 3.05) is 12.4 Å². The largest absolute Gasteiger partial charge is 0.497 e. The molecule has 0 unspecified atom stereocenters. The highest BCUT2D eigenvalue weighted by molar-refractivity contribution is 7.24. The van der Waals surface area contributed by atoms with E-state index in [1.54, 1.807) is 7.11 Å². The predicted molar refractivity (Wildman–Crippen MR) is 89.0 cm³/mol. The van der Waals surface area contributed by atoms with Gasteiger partial charge in [0, 0.05) is 12.1 Å². The van der Waals surface area contributed by atoms with Crippen LogP contribution in [0, 0.1) is 11.6 Å². The Morgan fingerprint density at radius 2 is 1.78 bits per heavy atom. The minimum Gasteiger partial charge on any atom is -0.497 e. The number of aromatic nitrogens is 2. The highest BCUT2D eigenvalue weighted by atomic mass is 32.1. The van der Waals surface area contributed by atoms with Gasteiger partial charge in [0.15, 0.2) is 16.1 Å². The topological polar surface area (TPSA) is 47.0 Å². The molecule has 0 atom stereocenters. The molecule has 0 saturated carbocycles. The van der Waals surface area contributed by atoms with E-state index in [-0.39, 0.29) is 5.52 Å². The SMILES string of the molecule is COc1ccc2sc(Nc3nc4c(F)cc(F)cc4s3)nc2c1. The molecule has 4 aromatic rings. The molecule has 2 aromatic heterocycles. The van der Waals surface area contributed by atoms with Crippen LogP contribution in [0.3, 0.4) is 0 Å². The molecule has 0 saturated heterocycles. The Morgan fingerprint density at radius 1 is 1.00 bits per heavy atom. The summed E-state index contributed by atoms with van der Waals surface area (Å²) in [5.74, 6) is -0.553. The van der Waals surface area contributed by atoms with Gasteiger partial charge in [0.25, 0.3) is 0 Å². The smallest absolute Gasteiger partial charge is 0.190 e. The Hall–Kier alpha value is -2.32. The first kappa shape index (κ1) is 14.3. The molecule has 0 radical (unpaired) electrons. The number of hydrogen-bond acceptors (Lipinski definition) is 6. The average Bonchev–Trinajstić information content (AvgIpc) is 3.09. The molecule has 0 amide bonds. The van der Waals surface area contributed by atoms with Gasteiger partial charge in [0.1, 0.15) is 17.1 Å². The van der Waals surface area contributed by atoms with E-state index in [0.717, 1.165) is 22.0 Å². The van der Waals surface area contributed by atoms with Crippen LogP contribution in [0.25, 0.3) is 20.4 Å². The van der Waals surface area contributed by atoms with Gasteiger partial charge in [-0.1, -0.05) is 22.7 Å². The van der Waals surface area contributed by atoms with Gasteiger partial charge in [0.2, 0.25) is 0 Å². The molecule has 116 valence electrons. The van der Waals surface area contributed by atoms with Crippen molar-refractivity contribution in [1.29, 1.82) is 0 Å². The summed E-state index contributed by atoms with van der Waals surface area (Å²) in [7, 11) is 1.60. The van der Waals surface area contributed by atoms with Gasteiger partial charge in [-0.25, -0.2) is 18.7 Å². The first-order chi connectivity index (χ1) is 11.1. The molecule has 2 aromatic carbocycles. The van der Waals surface area contributed by atoms with Crippen molar-refractivity contribution in [1.82, 2.24) is 9.97 Å². The normalized spacial score (nSPS) is 11.3. The number of thiazole rings is 2. The highest BCUT2D eigenvalue weighted by Gasteiger charge is 2.12. The molecular weight excluding hydrogens is 340 g/mol. The molecule has 1 N–H and O–H groups in total. The van der Waals surface area contributed by atoms with E-state index in [0.29, 0.717) is 15.0 Å². The lowest BCUT2D eigenvalue weighted by Gasteiger charge is -1.96. The lowest BCUT2D eigenvalue weighted by Crippen LogP contribution is -1.88. The Balaban J connectivity index is 1.71. The van der Waals surface area contributed by atoms with E-state index < -0.39 is 11.6 Å². The zero-order valence-corrected chi connectivity index (χ0v) is 13.4. The predicted octanol–water partition coefficient (Wildman–Crippen LogP) is 4.94. The average molecular weight is 349 g/mol. The second-order valence-corrected chi connectivity index (χ2v) is 6.79. The van der Waals surface area contributed by atoms with E-state index in [1.807, 2.05) is 18.2 Å². The van der Waals surface area contributed by atoms with Crippen LogP contribution in [0.2, 0.25) is 0 Å². The summed E-state index contributed by atoms with van der Waals surface area (Å²) in [5, 5.41) is 4.15. The van der Waals surface area contributed by atoms with Gasteiger partial charge in [0.05, 0.1) is 22.0 Å². The molecule has 0 spiro atoms. The number of nitrogens with zero attached hydrogens (tertiary/aromatic N) is 2. The van der Waals surface area contributed by atoms with Crippen molar-refractivity contribution >= 4 is 53.4 Å². The fraction of sp³-hybridized carbons (Fsp3) is 0.0667. The fourth-order valence-corrected chi connectivity index (χ4v) is 4.00. The number of methoxy groups -OCH3 is 1.